The fraction of sp³-hybridized carbons (Fsp3) is 0.217. The number of hydrogen-bond donors (Lipinski definition) is 1. The molecule has 2 heterocycles. The molecule has 0 bridgehead atoms. The number of hydrogen-bond acceptors (Lipinski definition) is 4. The van der Waals surface area contributed by atoms with E-state index >= 15 is 0 Å². The highest BCUT2D eigenvalue weighted by atomic mass is 19.1. The Balaban J connectivity index is 1.62. The molecule has 0 radical (unpaired) electrons. The van der Waals surface area contributed by atoms with Crippen LogP contribution < -0.4 is 4.90 Å². The summed E-state index contributed by atoms with van der Waals surface area (Å²) in [7, 11) is 0. The standard InChI is InChI=1S/C23H20F2N2O3/c24-17-10-8-16(9-11-17)20-6-3-7-21(26-20)27-14-12-23(13-15-28,30-22(27)29)18-4-1-2-5-19(18)25/h1-11,28H,12-15H2. The van der Waals surface area contributed by atoms with Gasteiger partial charge in [0.15, 0.2) is 0 Å². The third-order valence-corrected chi connectivity index (χ3v) is 5.27. The first-order valence-electron chi connectivity index (χ1n) is 9.62. The van der Waals surface area contributed by atoms with E-state index in [0.717, 1.165) is 0 Å². The van der Waals surface area contributed by atoms with Gasteiger partial charge in [-0.3, -0.25) is 4.90 Å². The predicted molar refractivity (Wildman–Crippen MR) is 108 cm³/mol. The first-order valence-corrected chi connectivity index (χ1v) is 9.62. The maximum atomic E-state index is 14.4. The van der Waals surface area contributed by atoms with Gasteiger partial charge in [-0.05, 0) is 42.5 Å². The first kappa shape index (κ1) is 20.0. The Bertz CT molecular complexity index is 1060. The van der Waals surface area contributed by atoms with Crippen molar-refractivity contribution in [3.8, 4) is 11.3 Å². The molecule has 3 aromatic rings. The van der Waals surface area contributed by atoms with Gasteiger partial charge < -0.3 is 9.84 Å². The molecule has 5 nitrogen and oxygen atoms in total. The Labute approximate surface area is 172 Å². The smallest absolute Gasteiger partial charge is 0.416 e. The maximum Gasteiger partial charge on any atom is 0.416 e. The van der Waals surface area contributed by atoms with Crippen molar-refractivity contribution in [1.29, 1.82) is 0 Å². The highest BCUT2D eigenvalue weighted by Gasteiger charge is 2.44. The molecule has 154 valence electrons. The number of aliphatic hydroxyl groups is 1. The SMILES string of the molecule is O=C1OC(CCO)(c2ccccc2F)CCN1c1cccc(-c2ccc(F)cc2)n1. The second-order valence-corrected chi connectivity index (χ2v) is 7.11. The van der Waals surface area contributed by atoms with Gasteiger partial charge in [-0.25, -0.2) is 18.6 Å². The topological polar surface area (TPSA) is 62.7 Å². The van der Waals surface area contributed by atoms with Crippen LogP contribution in [0.1, 0.15) is 18.4 Å². The minimum absolute atomic E-state index is 0.0938. The Morgan fingerprint density at radius 1 is 1.03 bits per heavy atom. The number of carbonyl (C=O) groups excluding carboxylic acids is 1. The lowest BCUT2D eigenvalue weighted by atomic mass is 9.85. The van der Waals surface area contributed by atoms with Gasteiger partial charge in [-0.2, -0.15) is 0 Å². The number of amides is 1. The summed E-state index contributed by atoms with van der Waals surface area (Å²) >= 11 is 0. The van der Waals surface area contributed by atoms with Crippen molar-refractivity contribution in [2.24, 2.45) is 0 Å². The second-order valence-electron chi connectivity index (χ2n) is 7.11. The lowest BCUT2D eigenvalue weighted by molar-refractivity contribution is -0.0281. The zero-order valence-electron chi connectivity index (χ0n) is 16.1. The number of pyridine rings is 1. The van der Waals surface area contributed by atoms with Crippen LogP contribution in [-0.4, -0.2) is 29.3 Å². The van der Waals surface area contributed by atoms with Gasteiger partial charge in [0.2, 0.25) is 0 Å². The number of halogens is 2. The van der Waals surface area contributed by atoms with E-state index in [4.69, 9.17) is 4.74 Å². The van der Waals surface area contributed by atoms with E-state index in [2.05, 4.69) is 4.98 Å². The second kappa shape index (κ2) is 8.20. The Morgan fingerprint density at radius 2 is 1.80 bits per heavy atom. The Kier molecular flexibility index (Phi) is 5.46. The monoisotopic (exact) mass is 410 g/mol. The normalized spacial score (nSPS) is 18.9. The number of aliphatic hydroxyl groups excluding tert-OH is 1. The fourth-order valence-electron chi connectivity index (χ4n) is 3.73. The minimum atomic E-state index is -1.23. The van der Waals surface area contributed by atoms with Crippen molar-refractivity contribution in [2.75, 3.05) is 18.1 Å². The number of cyclic esters (lactones) is 1. The van der Waals surface area contributed by atoms with Crippen LogP contribution >= 0.6 is 0 Å². The van der Waals surface area contributed by atoms with E-state index in [-0.39, 0.29) is 31.0 Å². The third-order valence-electron chi connectivity index (χ3n) is 5.27. The molecule has 0 saturated carbocycles. The molecule has 1 fully saturated rings. The molecule has 1 N–H and O–H groups in total. The van der Waals surface area contributed by atoms with Crippen molar-refractivity contribution in [2.45, 2.75) is 18.4 Å². The number of nitrogens with zero attached hydrogens (tertiary/aromatic N) is 2. The van der Waals surface area contributed by atoms with E-state index in [9.17, 15) is 18.7 Å². The Hall–Kier alpha value is -3.32. The van der Waals surface area contributed by atoms with E-state index < -0.39 is 17.5 Å². The zero-order valence-corrected chi connectivity index (χ0v) is 16.1. The lowest BCUT2D eigenvalue weighted by Gasteiger charge is -2.41. The molecular formula is C23H20F2N2O3. The third kappa shape index (κ3) is 3.76. The van der Waals surface area contributed by atoms with Crippen LogP contribution in [0.3, 0.4) is 0 Å². The van der Waals surface area contributed by atoms with E-state index in [0.29, 0.717) is 23.5 Å². The highest BCUT2D eigenvalue weighted by Crippen LogP contribution is 2.39. The van der Waals surface area contributed by atoms with Crippen LogP contribution in [0.5, 0.6) is 0 Å². The highest BCUT2D eigenvalue weighted by molar-refractivity contribution is 5.88. The summed E-state index contributed by atoms with van der Waals surface area (Å²) in [5.74, 6) is -0.445. The minimum Gasteiger partial charge on any atom is -0.437 e. The van der Waals surface area contributed by atoms with Crippen LogP contribution in [0.25, 0.3) is 11.3 Å². The summed E-state index contributed by atoms with van der Waals surface area (Å²) in [5, 5.41) is 9.52. The number of carbonyl (C=O) groups is 1. The van der Waals surface area contributed by atoms with Gasteiger partial charge in [0, 0.05) is 37.1 Å². The molecule has 7 heteroatoms. The quantitative estimate of drug-likeness (QED) is 0.665. The molecule has 2 aromatic carbocycles. The van der Waals surface area contributed by atoms with Crippen LogP contribution in [-0.2, 0) is 10.3 Å². The Morgan fingerprint density at radius 3 is 2.50 bits per heavy atom. The lowest BCUT2D eigenvalue weighted by Crippen LogP contribution is -2.49. The van der Waals surface area contributed by atoms with Gasteiger partial charge in [-0.15, -0.1) is 0 Å². The van der Waals surface area contributed by atoms with E-state index in [1.165, 1.54) is 23.1 Å². The molecule has 0 spiro atoms. The van der Waals surface area contributed by atoms with Crippen LogP contribution in [0.15, 0.2) is 66.7 Å². The van der Waals surface area contributed by atoms with Gasteiger partial charge in [0.25, 0.3) is 0 Å². The van der Waals surface area contributed by atoms with Gasteiger partial charge in [-0.1, -0.05) is 24.3 Å². The molecule has 30 heavy (non-hydrogen) atoms. The fourth-order valence-corrected chi connectivity index (χ4v) is 3.73. The molecule has 1 saturated heterocycles. The van der Waals surface area contributed by atoms with Crippen molar-refractivity contribution < 1.29 is 23.4 Å². The van der Waals surface area contributed by atoms with Crippen molar-refractivity contribution >= 4 is 11.9 Å². The summed E-state index contributed by atoms with van der Waals surface area (Å²) < 4.78 is 33.3. The summed E-state index contributed by atoms with van der Waals surface area (Å²) in [6, 6.07) is 17.2. The van der Waals surface area contributed by atoms with Gasteiger partial charge >= 0.3 is 6.09 Å². The summed E-state index contributed by atoms with van der Waals surface area (Å²) in [6.07, 6.45) is -0.277. The van der Waals surface area contributed by atoms with Crippen LogP contribution in [0, 0.1) is 11.6 Å². The van der Waals surface area contributed by atoms with Gasteiger partial charge in [0.05, 0.1) is 5.69 Å². The van der Waals surface area contributed by atoms with Crippen molar-refractivity contribution in [3.63, 3.8) is 0 Å². The molecule has 1 aromatic heterocycles. The summed E-state index contributed by atoms with van der Waals surface area (Å²) in [5.41, 5.74) is 0.314. The van der Waals surface area contributed by atoms with Crippen LogP contribution in [0.4, 0.5) is 19.4 Å². The molecule has 1 aliphatic heterocycles. The molecule has 1 unspecified atom stereocenters. The number of aromatic nitrogens is 1. The summed E-state index contributed by atoms with van der Waals surface area (Å²) in [6.45, 7) is -0.00699. The number of anilines is 1. The van der Waals surface area contributed by atoms with E-state index in [1.807, 2.05) is 0 Å². The molecule has 1 amide bonds. The molecule has 0 aliphatic carbocycles. The molecule has 1 aliphatic rings. The number of rotatable bonds is 5. The average Bonchev–Trinajstić information content (AvgIpc) is 2.75. The van der Waals surface area contributed by atoms with Crippen LogP contribution in [0.2, 0.25) is 0 Å². The van der Waals surface area contributed by atoms with Crippen molar-refractivity contribution in [1.82, 2.24) is 4.98 Å². The first-order chi connectivity index (χ1) is 14.5. The molecular weight excluding hydrogens is 390 g/mol. The number of ether oxygens (including phenoxy) is 1. The average molecular weight is 410 g/mol. The summed E-state index contributed by atoms with van der Waals surface area (Å²) in [4.78, 5) is 18.8. The maximum absolute atomic E-state index is 14.4. The largest absolute Gasteiger partial charge is 0.437 e. The van der Waals surface area contributed by atoms with Crippen molar-refractivity contribution in [3.05, 3.63) is 83.9 Å². The van der Waals surface area contributed by atoms with E-state index in [1.54, 1.807) is 48.5 Å². The predicted octanol–water partition coefficient (Wildman–Crippen LogP) is 4.65. The van der Waals surface area contributed by atoms with Gasteiger partial charge in [0.1, 0.15) is 23.1 Å². The number of benzene rings is 2. The molecule has 1 atom stereocenters. The molecule has 4 rings (SSSR count). The zero-order chi connectivity index (χ0) is 21.1.